The number of hydrogen-bond donors (Lipinski definition) is 0. The first-order valence-electron chi connectivity index (χ1n) is 5.11. The molecule has 0 atom stereocenters. The molecule has 2 aromatic rings. The van der Waals surface area contributed by atoms with Gasteiger partial charge in [0.15, 0.2) is 0 Å². The summed E-state index contributed by atoms with van der Waals surface area (Å²) in [5.74, 6) is -0.0460. The van der Waals surface area contributed by atoms with Crippen molar-refractivity contribution in [2.45, 2.75) is 13.8 Å². The van der Waals surface area contributed by atoms with Gasteiger partial charge in [-0.15, -0.1) is 0 Å². The first kappa shape index (κ1) is 11.3. The Morgan fingerprint density at radius 3 is 2.71 bits per heavy atom. The van der Waals surface area contributed by atoms with Gasteiger partial charge in [0.25, 0.3) is 0 Å². The lowest BCUT2D eigenvalue weighted by molar-refractivity contribution is 0.0599. The monoisotopic (exact) mass is 232 g/mol. The highest BCUT2D eigenvalue weighted by molar-refractivity contribution is 5.96. The van der Waals surface area contributed by atoms with E-state index in [0.717, 1.165) is 5.56 Å². The van der Waals surface area contributed by atoms with Gasteiger partial charge in [-0.3, -0.25) is 4.98 Å². The molecule has 0 aliphatic heterocycles. The number of aryl methyl sites for hydroxylation is 2. The fourth-order valence-corrected chi connectivity index (χ4v) is 1.50. The predicted octanol–water partition coefficient (Wildman–Crippen LogP) is 2.14. The highest BCUT2D eigenvalue weighted by Gasteiger charge is 2.22. The number of rotatable bonds is 2. The van der Waals surface area contributed by atoms with Crippen molar-refractivity contribution in [1.29, 1.82) is 0 Å². The van der Waals surface area contributed by atoms with Crippen LogP contribution in [0, 0.1) is 13.8 Å². The highest BCUT2D eigenvalue weighted by atomic mass is 16.5. The van der Waals surface area contributed by atoms with Crippen LogP contribution in [-0.4, -0.2) is 23.2 Å². The number of hydrogen-bond acceptors (Lipinski definition) is 5. The maximum Gasteiger partial charge on any atom is 0.343 e. The average molecular weight is 232 g/mol. The third-order valence-corrected chi connectivity index (χ3v) is 2.41. The summed E-state index contributed by atoms with van der Waals surface area (Å²) in [4.78, 5) is 15.8. The highest BCUT2D eigenvalue weighted by Crippen LogP contribution is 2.24. The molecule has 0 unspecified atom stereocenters. The third-order valence-electron chi connectivity index (χ3n) is 2.41. The fraction of sp³-hybridized carbons (Fsp3) is 0.250. The van der Waals surface area contributed by atoms with Gasteiger partial charge in [-0.05, 0) is 25.5 Å². The molecular weight excluding hydrogens is 220 g/mol. The summed E-state index contributed by atoms with van der Waals surface area (Å²) in [6.45, 7) is 3.60. The zero-order chi connectivity index (χ0) is 12.4. The number of methoxy groups -OCH3 is 1. The van der Waals surface area contributed by atoms with E-state index in [-0.39, 0.29) is 0 Å². The SMILES string of the molecule is COC(=O)c1c(-c2ccc(C)cn2)noc1C. The Balaban J connectivity index is 2.52. The maximum atomic E-state index is 11.6. The molecule has 0 spiro atoms. The van der Waals surface area contributed by atoms with E-state index in [1.165, 1.54) is 7.11 Å². The van der Waals surface area contributed by atoms with Crippen LogP contribution in [0.15, 0.2) is 22.9 Å². The Bertz CT molecular complexity index is 543. The van der Waals surface area contributed by atoms with Crippen molar-refractivity contribution in [1.82, 2.24) is 10.1 Å². The van der Waals surface area contributed by atoms with Crippen LogP contribution in [0.4, 0.5) is 0 Å². The average Bonchev–Trinajstić information content (AvgIpc) is 2.71. The summed E-state index contributed by atoms with van der Waals surface area (Å²) in [5.41, 5.74) is 2.36. The number of nitrogens with zero attached hydrogens (tertiary/aromatic N) is 2. The summed E-state index contributed by atoms with van der Waals surface area (Å²) in [6, 6.07) is 3.69. The van der Waals surface area contributed by atoms with Crippen LogP contribution in [0.25, 0.3) is 11.4 Å². The largest absolute Gasteiger partial charge is 0.465 e. The second kappa shape index (κ2) is 4.37. The molecule has 2 heterocycles. The molecule has 5 nitrogen and oxygen atoms in total. The lowest BCUT2D eigenvalue weighted by atomic mass is 10.1. The minimum atomic E-state index is -0.471. The van der Waals surface area contributed by atoms with Crippen molar-refractivity contribution in [3.05, 3.63) is 35.2 Å². The van der Waals surface area contributed by atoms with E-state index in [1.807, 2.05) is 13.0 Å². The van der Waals surface area contributed by atoms with Gasteiger partial charge in [0.2, 0.25) is 0 Å². The van der Waals surface area contributed by atoms with Crippen molar-refractivity contribution in [3.8, 4) is 11.4 Å². The molecule has 5 heteroatoms. The van der Waals surface area contributed by atoms with Gasteiger partial charge in [0.05, 0.1) is 12.8 Å². The summed E-state index contributed by atoms with van der Waals surface area (Å²) in [6.07, 6.45) is 1.71. The number of esters is 1. The second-order valence-corrected chi connectivity index (χ2v) is 3.67. The zero-order valence-corrected chi connectivity index (χ0v) is 9.85. The second-order valence-electron chi connectivity index (χ2n) is 3.67. The van der Waals surface area contributed by atoms with Gasteiger partial charge in [0, 0.05) is 6.20 Å². The summed E-state index contributed by atoms with van der Waals surface area (Å²) >= 11 is 0. The van der Waals surface area contributed by atoms with Gasteiger partial charge >= 0.3 is 5.97 Å². The third kappa shape index (κ3) is 2.04. The number of carbonyl (C=O) groups is 1. The van der Waals surface area contributed by atoms with Gasteiger partial charge < -0.3 is 9.26 Å². The fourth-order valence-electron chi connectivity index (χ4n) is 1.50. The van der Waals surface area contributed by atoms with E-state index in [0.29, 0.717) is 22.7 Å². The molecule has 88 valence electrons. The number of carbonyl (C=O) groups excluding carboxylic acids is 1. The Labute approximate surface area is 98.4 Å². The van der Waals surface area contributed by atoms with Crippen LogP contribution in [-0.2, 0) is 4.74 Å². The van der Waals surface area contributed by atoms with Gasteiger partial charge in [-0.2, -0.15) is 0 Å². The molecule has 2 aromatic heterocycles. The maximum absolute atomic E-state index is 11.6. The zero-order valence-electron chi connectivity index (χ0n) is 9.85. The van der Waals surface area contributed by atoms with Crippen LogP contribution in [0.3, 0.4) is 0 Å². The Morgan fingerprint density at radius 1 is 1.35 bits per heavy atom. The molecule has 0 amide bonds. The van der Waals surface area contributed by atoms with Crippen LogP contribution < -0.4 is 0 Å². The van der Waals surface area contributed by atoms with Crippen molar-refractivity contribution in [3.63, 3.8) is 0 Å². The lowest BCUT2D eigenvalue weighted by Crippen LogP contribution is -2.04. The van der Waals surface area contributed by atoms with Crippen molar-refractivity contribution < 1.29 is 14.1 Å². The topological polar surface area (TPSA) is 65.2 Å². The van der Waals surface area contributed by atoms with Gasteiger partial charge in [-0.25, -0.2) is 4.79 Å². The summed E-state index contributed by atoms with van der Waals surface area (Å²) in [5, 5.41) is 3.85. The van der Waals surface area contributed by atoms with Gasteiger partial charge in [0.1, 0.15) is 17.0 Å². The molecule has 0 aliphatic carbocycles. The smallest absolute Gasteiger partial charge is 0.343 e. The molecule has 17 heavy (non-hydrogen) atoms. The molecule has 0 saturated heterocycles. The number of aromatic nitrogens is 2. The molecule has 0 aliphatic rings. The Kier molecular flexibility index (Phi) is 2.91. The molecule has 0 bridgehead atoms. The molecule has 0 saturated carbocycles. The van der Waals surface area contributed by atoms with Crippen molar-refractivity contribution >= 4 is 5.97 Å². The van der Waals surface area contributed by atoms with Crippen LogP contribution in [0.1, 0.15) is 21.7 Å². The molecule has 0 fully saturated rings. The summed E-state index contributed by atoms with van der Waals surface area (Å²) < 4.78 is 9.71. The lowest BCUT2D eigenvalue weighted by Gasteiger charge is -2.00. The quantitative estimate of drug-likeness (QED) is 0.742. The number of pyridine rings is 1. The Hall–Kier alpha value is -2.17. The normalized spacial score (nSPS) is 10.3. The van der Waals surface area contributed by atoms with Crippen LogP contribution >= 0.6 is 0 Å². The van der Waals surface area contributed by atoms with Crippen LogP contribution in [0.2, 0.25) is 0 Å². The van der Waals surface area contributed by atoms with E-state index in [2.05, 4.69) is 10.1 Å². The predicted molar refractivity (Wildman–Crippen MR) is 60.5 cm³/mol. The van der Waals surface area contributed by atoms with E-state index in [1.54, 1.807) is 19.2 Å². The molecule has 0 aromatic carbocycles. The molecule has 0 N–H and O–H groups in total. The minimum absolute atomic E-state index is 0.323. The summed E-state index contributed by atoms with van der Waals surface area (Å²) in [7, 11) is 1.32. The standard InChI is InChI=1S/C12H12N2O3/c1-7-4-5-9(13-6-7)11-10(12(15)16-3)8(2)17-14-11/h4-6H,1-3H3. The van der Waals surface area contributed by atoms with E-state index >= 15 is 0 Å². The van der Waals surface area contributed by atoms with Crippen LogP contribution in [0.5, 0.6) is 0 Å². The molecule has 0 radical (unpaired) electrons. The first-order valence-corrected chi connectivity index (χ1v) is 5.11. The van der Waals surface area contributed by atoms with Crippen molar-refractivity contribution in [2.75, 3.05) is 7.11 Å². The minimum Gasteiger partial charge on any atom is -0.465 e. The number of ether oxygens (including phenoxy) is 1. The van der Waals surface area contributed by atoms with E-state index < -0.39 is 5.97 Å². The Morgan fingerprint density at radius 2 is 2.12 bits per heavy atom. The van der Waals surface area contributed by atoms with E-state index in [9.17, 15) is 4.79 Å². The molecular formula is C12H12N2O3. The van der Waals surface area contributed by atoms with Gasteiger partial charge in [-0.1, -0.05) is 11.2 Å². The first-order chi connectivity index (χ1) is 8.13. The van der Waals surface area contributed by atoms with E-state index in [4.69, 9.17) is 9.26 Å². The van der Waals surface area contributed by atoms with Crippen molar-refractivity contribution in [2.24, 2.45) is 0 Å². The molecule has 2 rings (SSSR count).